The van der Waals surface area contributed by atoms with Crippen molar-refractivity contribution in [1.29, 1.82) is 0 Å². The number of anilines is 2. The fourth-order valence-electron chi connectivity index (χ4n) is 4.07. The summed E-state index contributed by atoms with van der Waals surface area (Å²) in [5, 5.41) is 5.00. The molecule has 0 radical (unpaired) electrons. The van der Waals surface area contributed by atoms with E-state index < -0.39 is 0 Å². The average molecular weight is 434 g/mol. The predicted octanol–water partition coefficient (Wildman–Crippen LogP) is 5.55. The summed E-state index contributed by atoms with van der Waals surface area (Å²) >= 11 is 0. The molecule has 5 rings (SSSR count). The number of carbonyl (C=O) groups excluding carboxylic acids is 2. The monoisotopic (exact) mass is 434 g/mol. The zero-order chi connectivity index (χ0) is 22.9. The number of carbonyl (C=O) groups is 2. The van der Waals surface area contributed by atoms with E-state index in [1.165, 1.54) is 4.90 Å². The average Bonchev–Trinajstić information content (AvgIpc) is 3.09. The topological polar surface area (TPSA) is 58.6 Å². The van der Waals surface area contributed by atoms with Crippen LogP contribution in [0.3, 0.4) is 0 Å². The molecule has 1 N–H and O–H groups in total. The Morgan fingerprint density at radius 3 is 2.18 bits per heavy atom. The summed E-state index contributed by atoms with van der Waals surface area (Å²) in [6.45, 7) is 1.98. The summed E-state index contributed by atoms with van der Waals surface area (Å²) in [5.41, 5.74) is 3.63. The Labute approximate surface area is 191 Å². The molecule has 4 aromatic carbocycles. The van der Waals surface area contributed by atoms with Crippen LogP contribution in [-0.2, 0) is 9.59 Å². The molecule has 0 unspecified atom stereocenters. The summed E-state index contributed by atoms with van der Waals surface area (Å²) < 4.78 is 5.23. The minimum Gasteiger partial charge on any atom is -0.497 e. The SMILES string of the molecule is COc1ccc(NC2=C(c3ccc(C)cc3)C(=O)N(c3cccc4ccccc34)C2=O)cc1. The van der Waals surface area contributed by atoms with Gasteiger partial charge in [-0.25, -0.2) is 4.90 Å². The second-order valence-electron chi connectivity index (χ2n) is 7.91. The van der Waals surface area contributed by atoms with Crippen molar-refractivity contribution in [1.82, 2.24) is 0 Å². The number of nitrogens with one attached hydrogen (secondary N) is 1. The minimum atomic E-state index is -0.386. The van der Waals surface area contributed by atoms with Crippen molar-refractivity contribution in [3.63, 3.8) is 0 Å². The van der Waals surface area contributed by atoms with Crippen LogP contribution in [0.15, 0.2) is 96.7 Å². The fourth-order valence-corrected chi connectivity index (χ4v) is 4.07. The summed E-state index contributed by atoms with van der Waals surface area (Å²) in [6, 6.07) is 28.2. The smallest absolute Gasteiger partial charge is 0.282 e. The van der Waals surface area contributed by atoms with Gasteiger partial charge in [0.1, 0.15) is 11.4 Å². The first kappa shape index (κ1) is 20.5. The lowest BCUT2D eigenvalue weighted by Gasteiger charge is -2.18. The number of hydrogen-bond acceptors (Lipinski definition) is 4. The molecule has 5 nitrogen and oxygen atoms in total. The zero-order valence-electron chi connectivity index (χ0n) is 18.3. The molecule has 0 spiro atoms. The van der Waals surface area contributed by atoms with Crippen molar-refractivity contribution in [3.8, 4) is 5.75 Å². The van der Waals surface area contributed by atoms with E-state index in [2.05, 4.69) is 5.32 Å². The van der Waals surface area contributed by atoms with Crippen LogP contribution in [0.4, 0.5) is 11.4 Å². The molecule has 0 atom stereocenters. The van der Waals surface area contributed by atoms with Crippen LogP contribution in [0, 0.1) is 6.92 Å². The normalized spacial score (nSPS) is 13.7. The van der Waals surface area contributed by atoms with Gasteiger partial charge in [-0.1, -0.05) is 66.2 Å². The first-order chi connectivity index (χ1) is 16.1. The number of hydrogen-bond donors (Lipinski definition) is 1. The van der Waals surface area contributed by atoms with Crippen LogP contribution in [0.25, 0.3) is 16.3 Å². The molecule has 1 heterocycles. The van der Waals surface area contributed by atoms with Gasteiger partial charge < -0.3 is 10.1 Å². The summed E-state index contributed by atoms with van der Waals surface area (Å²) in [4.78, 5) is 28.7. The lowest BCUT2D eigenvalue weighted by molar-refractivity contribution is -0.120. The van der Waals surface area contributed by atoms with Crippen molar-refractivity contribution in [2.45, 2.75) is 6.92 Å². The highest BCUT2D eigenvalue weighted by Crippen LogP contribution is 2.37. The maximum Gasteiger partial charge on any atom is 0.282 e. The molecular weight excluding hydrogens is 412 g/mol. The Bertz CT molecular complexity index is 1400. The van der Waals surface area contributed by atoms with Gasteiger partial charge in [0.05, 0.1) is 18.4 Å². The van der Waals surface area contributed by atoms with E-state index in [0.717, 1.165) is 16.3 Å². The number of amides is 2. The van der Waals surface area contributed by atoms with Gasteiger partial charge in [-0.2, -0.15) is 0 Å². The standard InChI is InChI=1S/C28H22N2O3/c1-18-10-12-20(13-11-18)25-26(29-21-14-16-22(33-2)17-15-21)28(32)30(27(25)31)24-9-5-7-19-6-3-4-8-23(19)24/h3-17,29H,1-2H3. The molecule has 0 saturated heterocycles. The van der Waals surface area contributed by atoms with Gasteiger partial charge in [0, 0.05) is 11.1 Å². The van der Waals surface area contributed by atoms with Crippen molar-refractivity contribution < 1.29 is 14.3 Å². The Kier molecular flexibility index (Phi) is 5.15. The Balaban J connectivity index is 1.63. The van der Waals surface area contributed by atoms with Crippen molar-refractivity contribution in [3.05, 3.63) is 108 Å². The van der Waals surface area contributed by atoms with Gasteiger partial charge in [0.25, 0.3) is 11.8 Å². The van der Waals surface area contributed by atoms with Crippen LogP contribution in [-0.4, -0.2) is 18.9 Å². The maximum atomic E-state index is 13.7. The molecule has 0 aliphatic carbocycles. The third-order valence-electron chi connectivity index (χ3n) is 5.79. The largest absolute Gasteiger partial charge is 0.497 e. The van der Waals surface area contributed by atoms with E-state index in [4.69, 9.17) is 4.74 Å². The highest BCUT2D eigenvalue weighted by Gasteiger charge is 2.40. The fraction of sp³-hybridized carbons (Fsp3) is 0.0714. The van der Waals surface area contributed by atoms with Gasteiger partial charge in [0.2, 0.25) is 0 Å². The molecule has 1 aliphatic rings. The number of rotatable bonds is 5. The molecule has 5 heteroatoms. The number of fused-ring (bicyclic) bond motifs is 1. The van der Waals surface area contributed by atoms with Gasteiger partial charge in [0.15, 0.2) is 0 Å². The van der Waals surface area contributed by atoms with E-state index in [-0.39, 0.29) is 17.5 Å². The summed E-state index contributed by atoms with van der Waals surface area (Å²) in [7, 11) is 1.60. The molecular formula is C28H22N2O3. The van der Waals surface area contributed by atoms with Crippen molar-refractivity contribution in [2.24, 2.45) is 0 Å². The van der Waals surface area contributed by atoms with Gasteiger partial charge in [-0.3, -0.25) is 9.59 Å². The Morgan fingerprint density at radius 2 is 1.45 bits per heavy atom. The molecule has 1 aliphatic heterocycles. The van der Waals surface area contributed by atoms with Crippen LogP contribution < -0.4 is 15.0 Å². The zero-order valence-corrected chi connectivity index (χ0v) is 18.3. The second-order valence-corrected chi connectivity index (χ2v) is 7.91. The number of benzene rings is 4. The molecule has 0 fully saturated rings. The molecule has 4 aromatic rings. The van der Waals surface area contributed by atoms with Crippen LogP contribution in [0.2, 0.25) is 0 Å². The van der Waals surface area contributed by atoms with E-state index in [1.807, 2.05) is 79.7 Å². The molecule has 0 aromatic heterocycles. The highest BCUT2D eigenvalue weighted by molar-refractivity contribution is 6.47. The van der Waals surface area contributed by atoms with E-state index in [1.54, 1.807) is 25.3 Å². The molecule has 0 saturated carbocycles. The molecule has 0 bridgehead atoms. The quantitative estimate of drug-likeness (QED) is 0.418. The lowest BCUT2D eigenvalue weighted by Crippen LogP contribution is -2.32. The highest BCUT2D eigenvalue weighted by atomic mass is 16.5. The van der Waals surface area contributed by atoms with Crippen LogP contribution in [0.5, 0.6) is 5.75 Å². The summed E-state index contributed by atoms with van der Waals surface area (Å²) in [6.07, 6.45) is 0. The van der Waals surface area contributed by atoms with Gasteiger partial charge in [-0.05, 0) is 48.2 Å². The van der Waals surface area contributed by atoms with E-state index >= 15 is 0 Å². The maximum absolute atomic E-state index is 13.7. The molecule has 33 heavy (non-hydrogen) atoms. The van der Waals surface area contributed by atoms with Crippen molar-refractivity contribution in [2.75, 3.05) is 17.3 Å². The molecule has 162 valence electrons. The lowest BCUT2D eigenvalue weighted by atomic mass is 10.0. The number of methoxy groups -OCH3 is 1. The van der Waals surface area contributed by atoms with Crippen molar-refractivity contribution >= 4 is 39.5 Å². The van der Waals surface area contributed by atoms with E-state index in [9.17, 15) is 9.59 Å². The minimum absolute atomic E-state index is 0.252. The van der Waals surface area contributed by atoms with Gasteiger partial charge in [-0.15, -0.1) is 0 Å². The third kappa shape index (κ3) is 3.64. The Morgan fingerprint density at radius 1 is 0.758 bits per heavy atom. The van der Waals surface area contributed by atoms with E-state index in [0.29, 0.717) is 28.3 Å². The number of imide groups is 1. The number of aryl methyl sites for hydroxylation is 1. The molecule has 2 amide bonds. The second kappa shape index (κ2) is 8.28. The van der Waals surface area contributed by atoms with Crippen LogP contribution >= 0.6 is 0 Å². The first-order valence-corrected chi connectivity index (χ1v) is 10.7. The summed E-state index contributed by atoms with van der Waals surface area (Å²) in [5.74, 6) is -0.0292. The Hall–Kier alpha value is -4.38. The van der Waals surface area contributed by atoms with Gasteiger partial charge >= 0.3 is 0 Å². The number of ether oxygens (including phenoxy) is 1. The number of nitrogens with zero attached hydrogens (tertiary/aromatic N) is 1. The van der Waals surface area contributed by atoms with Crippen LogP contribution in [0.1, 0.15) is 11.1 Å². The third-order valence-corrected chi connectivity index (χ3v) is 5.79. The predicted molar refractivity (Wildman–Crippen MR) is 131 cm³/mol. The first-order valence-electron chi connectivity index (χ1n) is 10.7.